The molecule has 0 atom stereocenters. The van der Waals surface area contributed by atoms with Crippen LogP contribution in [0.5, 0.6) is 0 Å². The third-order valence-corrected chi connectivity index (χ3v) is 5.29. The molecule has 0 aromatic heterocycles. The average Bonchev–Trinajstić information content (AvgIpc) is 2.62. The molecule has 1 saturated heterocycles. The van der Waals surface area contributed by atoms with Gasteiger partial charge in [-0.15, -0.1) is 12.4 Å². The molecule has 1 rings (SSSR count). The van der Waals surface area contributed by atoms with Crippen molar-refractivity contribution in [2.75, 3.05) is 19.6 Å². The van der Waals surface area contributed by atoms with Gasteiger partial charge in [0.1, 0.15) is 0 Å². The van der Waals surface area contributed by atoms with Gasteiger partial charge in [0.2, 0.25) is 5.91 Å². The zero-order valence-electron chi connectivity index (χ0n) is 16.6. The van der Waals surface area contributed by atoms with Gasteiger partial charge in [-0.1, -0.05) is 84.0 Å². The molecule has 25 heavy (non-hydrogen) atoms. The van der Waals surface area contributed by atoms with E-state index in [2.05, 4.69) is 17.6 Å². The molecule has 150 valence electrons. The second-order valence-corrected chi connectivity index (χ2v) is 7.56. The Bertz CT molecular complexity index is 294. The summed E-state index contributed by atoms with van der Waals surface area (Å²) in [7, 11) is 0. The summed E-state index contributed by atoms with van der Waals surface area (Å²) in [6.07, 6.45) is 19.9. The van der Waals surface area contributed by atoms with E-state index in [1.165, 1.54) is 77.0 Å². The second kappa shape index (κ2) is 18.5. The maximum atomic E-state index is 12.0. The quantitative estimate of drug-likeness (QED) is 0.365. The molecule has 0 radical (unpaired) electrons. The molecule has 0 spiro atoms. The maximum Gasteiger partial charge on any atom is 0.223 e. The van der Waals surface area contributed by atoms with Gasteiger partial charge in [-0.25, -0.2) is 0 Å². The number of halogens is 1. The molecule has 1 amide bonds. The highest BCUT2D eigenvalue weighted by atomic mass is 35.5. The van der Waals surface area contributed by atoms with E-state index in [0.717, 1.165) is 38.9 Å². The number of hydrogen-bond donors (Lipinski definition) is 2. The van der Waals surface area contributed by atoms with Crippen molar-refractivity contribution in [3.05, 3.63) is 0 Å². The Morgan fingerprint density at radius 3 is 1.72 bits per heavy atom. The molecule has 0 aromatic carbocycles. The molecule has 0 aliphatic carbocycles. The van der Waals surface area contributed by atoms with Crippen molar-refractivity contribution in [3.63, 3.8) is 0 Å². The fourth-order valence-corrected chi connectivity index (χ4v) is 3.58. The molecule has 1 aliphatic rings. The normalized spacial score (nSPS) is 14.9. The first kappa shape index (κ1) is 24.7. The molecule has 0 saturated carbocycles. The number of rotatable bonds is 15. The summed E-state index contributed by atoms with van der Waals surface area (Å²) in [6.45, 7) is 5.15. The van der Waals surface area contributed by atoms with Gasteiger partial charge in [0.15, 0.2) is 0 Å². The van der Waals surface area contributed by atoms with E-state index in [1.807, 2.05) is 0 Å². The summed E-state index contributed by atoms with van der Waals surface area (Å²) in [5.41, 5.74) is 0. The van der Waals surface area contributed by atoms with Crippen LogP contribution in [0.2, 0.25) is 0 Å². The summed E-state index contributed by atoms with van der Waals surface area (Å²) >= 11 is 0. The number of nitrogens with one attached hydrogen (secondary N) is 2. The van der Waals surface area contributed by atoms with E-state index in [1.54, 1.807) is 0 Å². The minimum atomic E-state index is 0. The summed E-state index contributed by atoms with van der Waals surface area (Å²) < 4.78 is 0. The van der Waals surface area contributed by atoms with Crippen LogP contribution in [0.3, 0.4) is 0 Å². The lowest BCUT2D eigenvalue weighted by Gasteiger charge is -2.21. The molecule has 1 fully saturated rings. The number of amides is 1. The SMILES string of the molecule is CCCCCCCCCCCCCCCNC(=O)C1CCNCC1.Cl. The van der Waals surface area contributed by atoms with Gasteiger partial charge < -0.3 is 10.6 Å². The number of piperidine rings is 1. The van der Waals surface area contributed by atoms with E-state index in [9.17, 15) is 4.79 Å². The van der Waals surface area contributed by atoms with Crippen molar-refractivity contribution < 1.29 is 4.79 Å². The predicted molar refractivity (Wildman–Crippen MR) is 112 cm³/mol. The number of carbonyl (C=O) groups excluding carboxylic acids is 1. The van der Waals surface area contributed by atoms with Gasteiger partial charge in [0.05, 0.1) is 0 Å². The standard InChI is InChI=1S/C21H42N2O.ClH/c1-2-3-4-5-6-7-8-9-10-11-12-13-14-17-23-21(24)20-15-18-22-19-16-20;/h20,22H,2-19H2,1H3,(H,23,24);1H. The van der Waals surface area contributed by atoms with E-state index in [-0.39, 0.29) is 24.2 Å². The average molecular weight is 375 g/mol. The fraction of sp³-hybridized carbons (Fsp3) is 0.952. The van der Waals surface area contributed by atoms with Crippen LogP contribution in [0.1, 0.15) is 103 Å². The zero-order valence-corrected chi connectivity index (χ0v) is 17.4. The van der Waals surface area contributed by atoms with E-state index in [4.69, 9.17) is 0 Å². The van der Waals surface area contributed by atoms with E-state index >= 15 is 0 Å². The minimum Gasteiger partial charge on any atom is -0.356 e. The summed E-state index contributed by atoms with van der Waals surface area (Å²) in [6, 6.07) is 0. The monoisotopic (exact) mass is 374 g/mol. The lowest BCUT2D eigenvalue weighted by Crippen LogP contribution is -2.38. The molecule has 3 nitrogen and oxygen atoms in total. The highest BCUT2D eigenvalue weighted by molar-refractivity contribution is 5.85. The van der Waals surface area contributed by atoms with Gasteiger partial charge in [0.25, 0.3) is 0 Å². The Labute approximate surface area is 162 Å². The van der Waals surface area contributed by atoms with Crippen LogP contribution in [0.4, 0.5) is 0 Å². The van der Waals surface area contributed by atoms with Crippen LogP contribution in [0, 0.1) is 5.92 Å². The third kappa shape index (κ3) is 14.6. The smallest absolute Gasteiger partial charge is 0.223 e. The number of unbranched alkanes of at least 4 members (excludes halogenated alkanes) is 12. The second-order valence-electron chi connectivity index (χ2n) is 7.56. The molecule has 1 heterocycles. The highest BCUT2D eigenvalue weighted by Crippen LogP contribution is 2.13. The first-order valence-corrected chi connectivity index (χ1v) is 10.8. The Hall–Kier alpha value is -0.280. The molecule has 1 aliphatic heterocycles. The van der Waals surface area contributed by atoms with Crippen LogP contribution >= 0.6 is 12.4 Å². The largest absolute Gasteiger partial charge is 0.356 e. The van der Waals surface area contributed by atoms with Gasteiger partial charge in [0, 0.05) is 12.5 Å². The molecule has 4 heteroatoms. The van der Waals surface area contributed by atoms with Crippen LogP contribution < -0.4 is 10.6 Å². The van der Waals surface area contributed by atoms with Crippen LogP contribution in [0.25, 0.3) is 0 Å². The molecule has 0 aromatic rings. The Kier molecular flexibility index (Phi) is 18.3. The predicted octanol–water partition coefficient (Wildman–Crippen LogP) is 5.62. The van der Waals surface area contributed by atoms with Crippen molar-refractivity contribution in [2.45, 2.75) is 103 Å². The van der Waals surface area contributed by atoms with Crippen LogP contribution in [0.15, 0.2) is 0 Å². The zero-order chi connectivity index (χ0) is 17.3. The van der Waals surface area contributed by atoms with E-state index in [0.29, 0.717) is 0 Å². The van der Waals surface area contributed by atoms with E-state index < -0.39 is 0 Å². The third-order valence-electron chi connectivity index (χ3n) is 5.29. The minimum absolute atomic E-state index is 0. The summed E-state index contributed by atoms with van der Waals surface area (Å²) in [4.78, 5) is 12.0. The van der Waals surface area contributed by atoms with Crippen molar-refractivity contribution in [3.8, 4) is 0 Å². The molecule has 0 unspecified atom stereocenters. The topological polar surface area (TPSA) is 41.1 Å². The summed E-state index contributed by atoms with van der Waals surface area (Å²) in [5, 5.41) is 6.43. The molecular weight excluding hydrogens is 332 g/mol. The van der Waals surface area contributed by atoms with Gasteiger partial charge in [-0.05, 0) is 32.4 Å². The Balaban J connectivity index is 0.00000576. The van der Waals surface area contributed by atoms with Gasteiger partial charge >= 0.3 is 0 Å². The maximum absolute atomic E-state index is 12.0. The first-order valence-electron chi connectivity index (χ1n) is 10.8. The lowest BCUT2D eigenvalue weighted by molar-refractivity contribution is -0.125. The van der Waals surface area contributed by atoms with Crippen LogP contribution in [-0.4, -0.2) is 25.5 Å². The Morgan fingerprint density at radius 1 is 0.800 bits per heavy atom. The van der Waals surface area contributed by atoms with Crippen molar-refractivity contribution in [2.24, 2.45) is 5.92 Å². The fourth-order valence-electron chi connectivity index (χ4n) is 3.58. The van der Waals surface area contributed by atoms with Crippen molar-refractivity contribution in [1.82, 2.24) is 10.6 Å². The van der Waals surface area contributed by atoms with Crippen LogP contribution in [-0.2, 0) is 4.79 Å². The number of carbonyl (C=O) groups is 1. The van der Waals surface area contributed by atoms with Gasteiger partial charge in [-0.3, -0.25) is 4.79 Å². The van der Waals surface area contributed by atoms with Gasteiger partial charge in [-0.2, -0.15) is 0 Å². The Morgan fingerprint density at radius 2 is 1.24 bits per heavy atom. The first-order chi connectivity index (χ1) is 11.8. The molecular formula is C21H43ClN2O. The lowest BCUT2D eigenvalue weighted by atomic mass is 9.97. The summed E-state index contributed by atoms with van der Waals surface area (Å²) in [5.74, 6) is 0.545. The van der Waals surface area contributed by atoms with Crippen molar-refractivity contribution in [1.29, 1.82) is 0 Å². The number of hydrogen-bond acceptors (Lipinski definition) is 2. The molecule has 0 bridgehead atoms. The molecule has 2 N–H and O–H groups in total. The highest BCUT2D eigenvalue weighted by Gasteiger charge is 2.19. The van der Waals surface area contributed by atoms with Crippen molar-refractivity contribution >= 4 is 18.3 Å².